The monoisotopic (exact) mass is 311 g/mol. The number of sulfonamides is 1. The normalized spacial score (nSPS) is 11.6. The van der Waals surface area contributed by atoms with Crippen molar-refractivity contribution in [3.8, 4) is 0 Å². The molecule has 7 heteroatoms. The molecule has 0 saturated heterocycles. The Labute approximate surface area is 123 Å². The number of anilines is 1. The first-order valence-electron chi connectivity index (χ1n) is 6.60. The standard InChI is InChI=1S/C14H18FN3O2S/c1-3-16-8-11-7-12(9-17-11)21(19,20)18-14-6-4-5-13(15)10(14)2/h4-7,9,16-18H,3,8H2,1-2H3. The lowest BCUT2D eigenvalue weighted by molar-refractivity contribution is 0.601. The number of nitrogens with one attached hydrogen (secondary N) is 3. The van der Waals surface area contributed by atoms with E-state index < -0.39 is 15.8 Å². The van der Waals surface area contributed by atoms with Crippen LogP contribution in [0.3, 0.4) is 0 Å². The molecule has 0 radical (unpaired) electrons. The molecule has 1 aromatic heterocycles. The van der Waals surface area contributed by atoms with E-state index in [2.05, 4.69) is 15.0 Å². The number of H-pyrrole nitrogens is 1. The van der Waals surface area contributed by atoms with Crippen LogP contribution in [0.4, 0.5) is 10.1 Å². The molecule has 1 heterocycles. The quantitative estimate of drug-likeness (QED) is 0.767. The SMILES string of the molecule is CCNCc1cc(S(=O)(=O)Nc2cccc(F)c2C)c[nH]1. The maximum atomic E-state index is 13.5. The molecule has 0 saturated carbocycles. The zero-order valence-electron chi connectivity index (χ0n) is 11.9. The number of halogens is 1. The van der Waals surface area contributed by atoms with Gasteiger partial charge in [0, 0.05) is 24.0 Å². The van der Waals surface area contributed by atoms with Gasteiger partial charge in [-0.3, -0.25) is 4.72 Å². The third-order valence-corrected chi connectivity index (χ3v) is 4.45. The van der Waals surface area contributed by atoms with Gasteiger partial charge in [0.2, 0.25) is 0 Å². The van der Waals surface area contributed by atoms with E-state index in [0.29, 0.717) is 6.54 Å². The first kappa shape index (κ1) is 15.5. The number of hydrogen-bond donors (Lipinski definition) is 3. The summed E-state index contributed by atoms with van der Waals surface area (Å²) in [6.07, 6.45) is 1.42. The van der Waals surface area contributed by atoms with E-state index >= 15 is 0 Å². The maximum Gasteiger partial charge on any atom is 0.263 e. The molecule has 0 bridgehead atoms. The van der Waals surface area contributed by atoms with Gasteiger partial charge in [-0.05, 0) is 31.7 Å². The summed E-state index contributed by atoms with van der Waals surface area (Å²) in [4.78, 5) is 3.03. The summed E-state index contributed by atoms with van der Waals surface area (Å²) >= 11 is 0. The van der Waals surface area contributed by atoms with Gasteiger partial charge in [0.05, 0.1) is 5.69 Å². The van der Waals surface area contributed by atoms with E-state index in [4.69, 9.17) is 0 Å². The Kier molecular flexibility index (Phi) is 4.64. The Morgan fingerprint density at radius 3 is 2.81 bits per heavy atom. The van der Waals surface area contributed by atoms with Crippen LogP contribution in [0.2, 0.25) is 0 Å². The van der Waals surface area contributed by atoms with E-state index in [9.17, 15) is 12.8 Å². The zero-order valence-corrected chi connectivity index (χ0v) is 12.7. The van der Waals surface area contributed by atoms with Crippen molar-refractivity contribution < 1.29 is 12.8 Å². The third-order valence-electron chi connectivity index (χ3n) is 3.10. The highest BCUT2D eigenvalue weighted by Gasteiger charge is 2.17. The molecule has 114 valence electrons. The summed E-state index contributed by atoms with van der Waals surface area (Å²) in [5.74, 6) is -0.447. The molecule has 0 spiro atoms. The molecule has 2 aromatic rings. The van der Waals surface area contributed by atoms with Crippen molar-refractivity contribution in [1.82, 2.24) is 10.3 Å². The van der Waals surface area contributed by atoms with Crippen LogP contribution in [0.5, 0.6) is 0 Å². The van der Waals surface area contributed by atoms with E-state index in [0.717, 1.165) is 12.2 Å². The fourth-order valence-electron chi connectivity index (χ4n) is 1.86. The molecule has 0 aliphatic heterocycles. The average molecular weight is 311 g/mol. The molecule has 0 fully saturated rings. The lowest BCUT2D eigenvalue weighted by atomic mass is 10.2. The van der Waals surface area contributed by atoms with Crippen molar-refractivity contribution >= 4 is 15.7 Å². The second-order valence-corrected chi connectivity index (χ2v) is 6.34. The van der Waals surface area contributed by atoms with Crippen molar-refractivity contribution in [2.75, 3.05) is 11.3 Å². The molecule has 0 atom stereocenters. The molecule has 0 amide bonds. The van der Waals surface area contributed by atoms with E-state index in [1.807, 2.05) is 6.92 Å². The number of aromatic nitrogens is 1. The van der Waals surface area contributed by atoms with E-state index in [-0.39, 0.29) is 16.1 Å². The Morgan fingerprint density at radius 2 is 2.10 bits per heavy atom. The van der Waals surface area contributed by atoms with Gasteiger partial charge in [0.25, 0.3) is 10.0 Å². The minimum absolute atomic E-state index is 0.124. The number of hydrogen-bond acceptors (Lipinski definition) is 3. The van der Waals surface area contributed by atoms with Crippen molar-refractivity contribution in [1.29, 1.82) is 0 Å². The van der Waals surface area contributed by atoms with Gasteiger partial charge in [-0.15, -0.1) is 0 Å². The number of aromatic amines is 1. The number of benzene rings is 1. The Morgan fingerprint density at radius 1 is 1.33 bits per heavy atom. The topological polar surface area (TPSA) is 74.0 Å². The van der Waals surface area contributed by atoms with Crippen LogP contribution in [0, 0.1) is 12.7 Å². The molecule has 2 rings (SSSR count). The van der Waals surface area contributed by atoms with Crippen LogP contribution in [-0.2, 0) is 16.6 Å². The summed E-state index contributed by atoms with van der Waals surface area (Å²) in [6.45, 7) is 4.85. The average Bonchev–Trinajstić information content (AvgIpc) is 2.91. The van der Waals surface area contributed by atoms with Gasteiger partial charge >= 0.3 is 0 Å². The van der Waals surface area contributed by atoms with Gasteiger partial charge < -0.3 is 10.3 Å². The Balaban J connectivity index is 2.22. The highest BCUT2D eigenvalue weighted by Crippen LogP contribution is 2.21. The highest BCUT2D eigenvalue weighted by molar-refractivity contribution is 7.92. The summed E-state index contributed by atoms with van der Waals surface area (Å²) < 4.78 is 40.4. The lowest BCUT2D eigenvalue weighted by Gasteiger charge is -2.09. The van der Waals surface area contributed by atoms with Gasteiger partial charge in [0.1, 0.15) is 10.7 Å². The molecular weight excluding hydrogens is 293 g/mol. The maximum absolute atomic E-state index is 13.5. The minimum Gasteiger partial charge on any atom is -0.363 e. The fraction of sp³-hybridized carbons (Fsp3) is 0.286. The molecule has 0 aliphatic carbocycles. The molecule has 21 heavy (non-hydrogen) atoms. The lowest BCUT2D eigenvalue weighted by Crippen LogP contribution is -2.14. The van der Waals surface area contributed by atoms with Gasteiger partial charge in [-0.25, -0.2) is 12.8 Å². The van der Waals surface area contributed by atoms with Crippen molar-refractivity contribution in [2.45, 2.75) is 25.3 Å². The summed E-state index contributed by atoms with van der Waals surface area (Å²) in [5, 5.41) is 3.10. The van der Waals surface area contributed by atoms with Crippen LogP contribution >= 0.6 is 0 Å². The van der Waals surface area contributed by atoms with Crippen LogP contribution in [-0.4, -0.2) is 19.9 Å². The summed E-state index contributed by atoms with van der Waals surface area (Å²) in [6, 6.07) is 5.84. The fourth-order valence-corrected chi connectivity index (χ4v) is 3.00. The highest BCUT2D eigenvalue weighted by atomic mass is 32.2. The Hall–Kier alpha value is -1.86. The molecular formula is C14H18FN3O2S. The van der Waals surface area contributed by atoms with Gasteiger partial charge in [-0.1, -0.05) is 13.0 Å². The van der Waals surface area contributed by atoms with Crippen LogP contribution in [0.1, 0.15) is 18.2 Å². The van der Waals surface area contributed by atoms with Crippen molar-refractivity contribution in [2.24, 2.45) is 0 Å². The molecule has 0 unspecified atom stereocenters. The zero-order chi connectivity index (χ0) is 15.5. The smallest absolute Gasteiger partial charge is 0.263 e. The summed E-state index contributed by atoms with van der Waals surface area (Å²) in [5.41, 5.74) is 1.28. The van der Waals surface area contributed by atoms with Gasteiger partial charge in [-0.2, -0.15) is 0 Å². The summed E-state index contributed by atoms with van der Waals surface area (Å²) in [7, 11) is -3.73. The van der Waals surface area contributed by atoms with E-state index in [1.165, 1.54) is 31.3 Å². The van der Waals surface area contributed by atoms with Crippen LogP contribution in [0.15, 0.2) is 35.4 Å². The molecule has 3 N–H and O–H groups in total. The number of rotatable bonds is 6. The molecule has 5 nitrogen and oxygen atoms in total. The predicted molar refractivity (Wildman–Crippen MR) is 80.1 cm³/mol. The first-order valence-corrected chi connectivity index (χ1v) is 8.08. The third kappa shape index (κ3) is 3.62. The first-order chi connectivity index (χ1) is 9.94. The van der Waals surface area contributed by atoms with Gasteiger partial charge in [0.15, 0.2) is 0 Å². The Bertz CT molecular complexity index is 726. The second-order valence-electron chi connectivity index (χ2n) is 4.66. The van der Waals surface area contributed by atoms with Crippen LogP contribution in [0.25, 0.3) is 0 Å². The molecule has 1 aromatic carbocycles. The largest absolute Gasteiger partial charge is 0.363 e. The van der Waals surface area contributed by atoms with Crippen LogP contribution < -0.4 is 10.0 Å². The predicted octanol–water partition coefficient (Wildman–Crippen LogP) is 2.37. The van der Waals surface area contributed by atoms with Crippen molar-refractivity contribution in [3.05, 3.63) is 47.5 Å². The van der Waals surface area contributed by atoms with Crippen molar-refractivity contribution in [3.63, 3.8) is 0 Å². The molecule has 0 aliphatic rings. The minimum atomic E-state index is -3.73. The van der Waals surface area contributed by atoms with E-state index in [1.54, 1.807) is 6.07 Å². The second kappa shape index (κ2) is 6.28.